The molecule has 2 aromatic rings. The number of amides is 1. The molecule has 6 heteroatoms. The minimum Gasteiger partial charge on any atom is -0.492 e. The van der Waals surface area contributed by atoms with Gasteiger partial charge in [0, 0.05) is 11.6 Å². The van der Waals surface area contributed by atoms with E-state index in [9.17, 15) is 9.59 Å². The van der Waals surface area contributed by atoms with Crippen molar-refractivity contribution in [2.24, 2.45) is 5.41 Å². The molecule has 1 aliphatic heterocycles. The molecular weight excluding hydrogens is 332 g/mol. The summed E-state index contributed by atoms with van der Waals surface area (Å²) < 4.78 is 11.4. The summed E-state index contributed by atoms with van der Waals surface area (Å²) in [6.07, 6.45) is 0.732. The molecule has 0 fully saturated rings. The van der Waals surface area contributed by atoms with Crippen molar-refractivity contribution in [3.05, 3.63) is 53.7 Å². The molecule has 0 radical (unpaired) electrons. The number of rotatable bonds is 3. The number of ketones is 1. The van der Waals surface area contributed by atoms with Crippen LogP contribution in [0.15, 0.2) is 42.6 Å². The molecule has 0 aliphatic carbocycles. The van der Waals surface area contributed by atoms with Crippen molar-refractivity contribution in [2.45, 2.75) is 33.3 Å². The molecule has 0 spiro atoms. The molecule has 1 amide bonds. The number of hydrogen-bond donors (Lipinski definition) is 1. The van der Waals surface area contributed by atoms with E-state index in [4.69, 9.17) is 9.47 Å². The Labute approximate surface area is 152 Å². The first-order chi connectivity index (χ1) is 12.4. The Balaban J connectivity index is 1.84. The van der Waals surface area contributed by atoms with Gasteiger partial charge in [0.2, 0.25) is 5.78 Å². The quantitative estimate of drug-likeness (QED) is 0.905. The molecule has 136 valence electrons. The fourth-order valence-corrected chi connectivity index (χ4v) is 2.84. The second kappa shape index (κ2) is 7.15. The zero-order chi connectivity index (χ0) is 18.7. The maximum absolute atomic E-state index is 13.0. The largest absolute Gasteiger partial charge is 0.492 e. The summed E-state index contributed by atoms with van der Waals surface area (Å²) in [7, 11) is 0. The third kappa shape index (κ3) is 3.69. The highest BCUT2D eigenvalue weighted by Gasteiger charge is 2.43. The lowest BCUT2D eigenvalue weighted by atomic mass is 9.83. The van der Waals surface area contributed by atoms with Gasteiger partial charge in [0.05, 0.1) is 12.2 Å². The standard InChI is InChI=1S/C20H22N2O4/c1-4-13-8-9-14-15(11-13)25-12-20(2,3)18(17(14)23)26-19(24)22-16-7-5-6-10-21-16/h5-11,18H,4,12H2,1-3H3,(H,21,22,24). The Kier molecular flexibility index (Phi) is 4.93. The number of pyridine rings is 1. The van der Waals surface area contributed by atoms with Gasteiger partial charge in [-0.05, 0) is 36.2 Å². The highest BCUT2D eigenvalue weighted by molar-refractivity contribution is 6.04. The number of Topliss-reactive ketones (excluding diaryl/α,β-unsaturated/α-hetero) is 1. The lowest BCUT2D eigenvalue weighted by Gasteiger charge is -2.29. The molecule has 1 atom stereocenters. The molecule has 0 saturated heterocycles. The van der Waals surface area contributed by atoms with Crippen LogP contribution in [0.5, 0.6) is 5.75 Å². The molecule has 1 unspecified atom stereocenters. The van der Waals surface area contributed by atoms with Gasteiger partial charge in [-0.2, -0.15) is 0 Å². The van der Waals surface area contributed by atoms with Crippen molar-refractivity contribution < 1.29 is 19.1 Å². The molecule has 1 aromatic heterocycles. The molecule has 1 aliphatic rings. The summed E-state index contributed by atoms with van der Waals surface area (Å²) in [5.41, 5.74) is 0.842. The first-order valence-electron chi connectivity index (χ1n) is 8.59. The lowest BCUT2D eigenvalue weighted by Crippen LogP contribution is -2.43. The minimum atomic E-state index is -0.958. The second-order valence-electron chi connectivity index (χ2n) is 6.95. The van der Waals surface area contributed by atoms with E-state index in [1.54, 1.807) is 30.5 Å². The molecule has 2 heterocycles. The van der Waals surface area contributed by atoms with Crippen molar-refractivity contribution in [3.63, 3.8) is 0 Å². The van der Waals surface area contributed by atoms with Gasteiger partial charge in [-0.1, -0.05) is 32.9 Å². The van der Waals surface area contributed by atoms with Crippen molar-refractivity contribution in [3.8, 4) is 5.75 Å². The van der Waals surface area contributed by atoms with Crippen LogP contribution in [0.4, 0.5) is 10.6 Å². The fourth-order valence-electron chi connectivity index (χ4n) is 2.84. The number of aromatic nitrogens is 1. The molecule has 0 saturated carbocycles. The third-order valence-electron chi connectivity index (χ3n) is 4.39. The fraction of sp³-hybridized carbons (Fsp3) is 0.350. The second-order valence-corrected chi connectivity index (χ2v) is 6.95. The van der Waals surface area contributed by atoms with Gasteiger partial charge < -0.3 is 9.47 Å². The number of anilines is 1. The van der Waals surface area contributed by atoms with Crippen molar-refractivity contribution >= 4 is 17.7 Å². The molecule has 26 heavy (non-hydrogen) atoms. The van der Waals surface area contributed by atoms with Gasteiger partial charge in [-0.25, -0.2) is 9.78 Å². The van der Waals surface area contributed by atoms with Crippen LogP contribution in [-0.4, -0.2) is 29.6 Å². The van der Waals surface area contributed by atoms with Gasteiger partial charge in [0.1, 0.15) is 11.6 Å². The van der Waals surface area contributed by atoms with Crippen LogP contribution < -0.4 is 10.1 Å². The van der Waals surface area contributed by atoms with Crippen LogP contribution in [0.1, 0.15) is 36.7 Å². The first kappa shape index (κ1) is 17.9. The highest BCUT2D eigenvalue weighted by atomic mass is 16.6. The van der Waals surface area contributed by atoms with Gasteiger partial charge in [-0.15, -0.1) is 0 Å². The van der Waals surface area contributed by atoms with Gasteiger partial charge in [0.25, 0.3) is 0 Å². The van der Waals surface area contributed by atoms with E-state index < -0.39 is 17.6 Å². The number of benzene rings is 1. The van der Waals surface area contributed by atoms with Crippen molar-refractivity contribution in [1.29, 1.82) is 0 Å². The molecule has 1 N–H and O–H groups in total. The summed E-state index contributed by atoms with van der Waals surface area (Å²) in [6, 6.07) is 10.6. The molecule has 1 aromatic carbocycles. The average molecular weight is 354 g/mol. The summed E-state index contributed by atoms with van der Waals surface area (Å²) in [4.78, 5) is 29.3. The van der Waals surface area contributed by atoms with E-state index in [1.807, 2.05) is 32.9 Å². The Bertz CT molecular complexity index is 818. The molecular formula is C20H22N2O4. The Hall–Kier alpha value is -2.89. The van der Waals surface area contributed by atoms with Crippen LogP contribution in [0.25, 0.3) is 0 Å². The van der Waals surface area contributed by atoms with E-state index in [0.29, 0.717) is 17.1 Å². The number of carbonyl (C=O) groups is 2. The number of hydrogen-bond acceptors (Lipinski definition) is 5. The summed E-state index contributed by atoms with van der Waals surface area (Å²) in [5, 5.41) is 2.54. The molecule has 6 nitrogen and oxygen atoms in total. The SMILES string of the molecule is CCc1ccc2c(c1)OCC(C)(C)C(OC(=O)Nc1ccccn1)C2=O. The topological polar surface area (TPSA) is 77.5 Å². The number of aryl methyl sites for hydroxylation is 1. The van der Waals surface area contributed by atoms with E-state index >= 15 is 0 Å². The number of nitrogens with zero attached hydrogens (tertiary/aromatic N) is 1. The zero-order valence-corrected chi connectivity index (χ0v) is 15.1. The predicted octanol–water partition coefficient (Wildman–Crippen LogP) is 3.86. The summed E-state index contributed by atoms with van der Waals surface area (Å²) in [6.45, 7) is 5.99. The summed E-state index contributed by atoms with van der Waals surface area (Å²) >= 11 is 0. The monoisotopic (exact) mass is 354 g/mol. The zero-order valence-electron chi connectivity index (χ0n) is 15.1. The van der Waals surface area contributed by atoms with Crippen LogP contribution in [0, 0.1) is 5.41 Å². The summed E-state index contributed by atoms with van der Waals surface area (Å²) in [5.74, 6) is 0.639. The predicted molar refractivity (Wildman–Crippen MR) is 97.6 cm³/mol. The number of fused-ring (bicyclic) bond motifs is 1. The van der Waals surface area contributed by atoms with E-state index in [2.05, 4.69) is 10.3 Å². The number of nitrogens with one attached hydrogen (secondary N) is 1. The van der Waals surface area contributed by atoms with E-state index in [-0.39, 0.29) is 12.4 Å². The van der Waals surface area contributed by atoms with Crippen LogP contribution in [-0.2, 0) is 11.2 Å². The first-order valence-corrected chi connectivity index (χ1v) is 8.59. The van der Waals surface area contributed by atoms with Gasteiger partial charge in [0.15, 0.2) is 6.10 Å². The Morgan fingerprint density at radius 2 is 2.15 bits per heavy atom. The highest BCUT2D eigenvalue weighted by Crippen LogP contribution is 2.35. The minimum absolute atomic E-state index is 0.263. The maximum Gasteiger partial charge on any atom is 0.413 e. The Morgan fingerprint density at radius 3 is 2.85 bits per heavy atom. The maximum atomic E-state index is 13.0. The van der Waals surface area contributed by atoms with E-state index in [0.717, 1.165) is 12.0 Å². The smallest absolute Gasteiger partial charge is 0.413 e. The van der Waals surface area contributed by atoms with Gasteiger partial charge in [-0.3, -0.25) is 10.1 Å². The normalized spacial score (nSPS) is 18.3. The van der Waals surface area contributed by atoms with E-state index in [1.165, 1.54) is 0 Å². The number of carbonyl (C=O) groups excluding carboxylic acids is 2. The van der Waals surface area contributed by atoms with Gasteiger partial charge >= 0.3 is 6.09 Å². The third-order valence-corrected chi connectivity index (χ3v) is 4.39. The van der Waals surface area contributed by atoms with Crippen LogP contribution in [0.2, 0.25) is 0 Å². The Morgan fingerprint density at radius 1 is 1.35 bits per heavy atom. The van der Waals surface area contributed by atoms with Crippen LogP contribution in [0.3, 0.4) is 0 Å². The van der Waals surface area contributed by atoms with Crippen LogP contribution >= 0.6 is 0 Å². The lowest BCUT2D eigenvalue weighted by molar-refractivity contribution is 0.0150. The molecule has 3 rings (SSSR count). The van der Waals surface area contributed by atoms with Crippen molar-refractivity contribution in [2.75, 3.05) is 11.9 Å². The average Bonchev–Trinajstić information content (AvgIpc) is 2.72. The number of ether oxygens (including phenoxy) is 2. The molecule has 0 bridgehead atoms. The van der Waals surface area contributed by atoms with Crippen molar-refractivity contribution in [1.82, 2.24) is 4.98 Å².